The maximum atomic E-state index is 11.1. The van der Waals surface area contributed by atoms with Gasteiger partial charge in [0.1, 0.15) is 0 Å². The summed E-state index contributed by atoms with van der Waals surface area (Å²) >= 11 is 0. The Morgan fingerprint density at radius 1 is 1.47 bits per heavy atom. The summed E-state index contributed by atoms with van der Waals surface area (Å²) in [5.74, 6) is 1.01. The summed E-state index contributed by atoms with van der Waals surface area (Å²) in [6, 6.07) is 0. The van der Waals surface area contributed by atoms with Crippen molar-refractivity contribution in [2.24, 2.45) is 11.8 Å². The number of rotatable bonds is 5. The Labute approximate surface area is 91.3 Å². The normalized spacial score (nSPS) is 20.6. The van der Waals surface area contributed by atoms with E-state index in [1.165, 1.54) is 6.42 Å². The molecule has 0 spiro atoms. The van der Waals surface area contributed by atoms with Gasteiger partial charge in [-0.05, 0) is 37.8 Å². The van der Waals surface area contributed by atoms with Crippen LogP contribution in [0.3, 0.4) is 0 Å². The lowest BCUT2D eigenvalue weighted by Gasteiger charge is -2.10. The molecule has 0 radical (unpaired) electrons. The molecule has 0 saturated carbocycles. The molecule has 4 heteroatoms. The SMILES string of the molecule is CC(C)COC(=O)OCCC1CCNC1. The second kappa shape index (κ2) is 6.67. The van der Waals surface area contributed by atoms with Crippen molar-refractivity contribution in [3.05, 3.63) is 0 Å². The van der Waals surface area contributed by atoms with Crippen LogP contribution < -0.4 is 5.32 Å². The van der Waals surface area contributed by atoms with Gasteiger partial charge in [0, 0.05) is 0 Å². The highest BCUT2D eigenvalue weighted by Crippen LogP contribution is 2.11. The van der Waals surface area contributed by atoms with E-state index in [0.29, 0.717) is 25.0 Å². The number of hydrogen-bond acceptors (Lipinski definition) is 4. The first-order valence-corrected chi connectivity index (χ1v) is 5.68. The Morgan fingerprint density at radius 3 is 2.87 bits per heavy atom. The minimum atomic E-state index is -0.533. The maximum Gasteiger partial charge on any atom is 0.508 e. The quantitative estimate of drug-likeness (QED) is 0.710. The summed E-state index contributed by atoms with van der Waals surface area (Å²) in [7, 11) is 0. The first-order valence-electron chi connectivity index (χ1n) is 5.68. The highest BCUT2D eigenvalue weighted by atomic mass is 16.7. The van der Waals surface area contributed by atoms with E-state index in [9.17, 15) is 4.79 Å². The third-order valence-electron chi connectivity index (χ3n) is 2.44. The molecule has 1 rings (SSSR count). The Kier molecular flexibility index (Phi) is 5.47. The van der Waals surface area contributed by atoms with Gasteiger partial charge in [0.25, 0.3) is 0 Å². The third-order valence-corrected chi connectivity index (χ3v) is 2.44. The van der Waals surface area contributed by atoms with Crippen LogP contribution in [0.4, 0.5) is 4.79 Å². The fourth-order valence-corrected chi connectivity index (χ4v) is 1.55. The lowest BCUT2D eigenvalue weighted by atomic mass is 10.1. The van der Waals surface area contributed by atoms with Gasteiger partial charge in [0.2, 0.25) is 0 Å². The molecule has 88 valence electrons. The van der Waals surface area contributed by atoms with Crippen LogP contribution in [0.1, 0.15) is 26.7 Å². The molecule has 0 amide bonds. The standard InChI is InChI=1S/C11H21NO3/c1-9(2)8-15-11(13)14-6-4-10-3-5-12-7-10/h9-10,12H,3-8H2,1-2H3. The molecule has 1 fully saturated rings. The van der Waals surface area contributed by atoms with Gasteiger partial charge >= 0.3 is 6.16 Å². The van der Waals surface area contributed by atoms with Crippen molar-refractivity contribution in [2.45, 2.75) is 26.7 Å². The average molecular weight is 215 g/mol. The van der Waals surface area contributed by atoms with Crippen molar-refractivity contribution >= 4 is 6.16 Å². The van der Waals surface area contributed by atoms with Crippen molar-refractivity contribution in [2.75, 3.05) is 26.3 Å². The summed E-state index contributed by atoms with van der Waals surface area (Å²) in [6.07, 6.45) is 1.59. The molecule has 1 aliphatic heterocycles. The molecule has 0 aromatic heterocycles. The Hall–Kier alpha value is -0.770. The summed E-state index contributed by atoms with van der Waals surface area (Å²) < 4.78 is 9.86. The van der Waals surface area contributed by atoms with Crippen LogP contribution in [-0.2, 0) is 9.47 Å². The molecule has 0 bridgehead atoms. The monoisotopic (exact) mass is 215 g/mol. The van der Waals surface area contributed by atoms with Crippen molar-refractivity contribution < 1.29 is 14.3 Å². The van der Waals surface area contributed by atoms with Gasteiger partial charge in [0.05, 0.1) is 13.2 Å². The van der Waals surface area contributed by atoms with Gasteiger partial charge in [-0.2, -0.15) is 0 Å². The fourth-order valence-electron chi connectivity index (χ4n) is 1.55. The van der Waals surface area contributed by atoms with Crippen molar-refractivity contribution in [3.63, 3.8) is 0 Å². The van der Waals surface area contributed by atoms with E-state index < -0.39 is 6.16 Å². The fraction of sp³-hybridized carbons (Fsp3) is 0.909. The molecule has 0 aliphatic carbocycles. The second-order valence-electron chi connectivity index (χ2n) is 4.45. The number of ether oxygens (including phenoxy) is 2. The Balaban J connectivity index is 1.96. The molecule has 0 aromatic carbocycles. The average Bonchev–Trinajstić information content (AvgIpc) is 2.67. The molecular formula is C11H21NO3. The van der Waals surface area contributed by atoms with Crippen LogP contribution in [0.2, 0.25) is 0 Å². The number of carbonyl (C=O) groups is 1. The van der Waals surface area contributed by atoms with Crippen LogP contribution in [0.5, 0.6) is 0 Å². The molecule has 1 N–H and O–H groups in total. The van der Waals surface area contributed by atoms with E-state index in [2.05, 4.69) is 5.32 Å². The molecule has 1 atom stereocenters. The Morgan fingerprint density at radius 2 is 2.27 bits per heavy atom. The summed E-state index contributed by atoms with van der Waals surface area (Å²) in [5.41, 5.74) is 0. The van der Waals surface area contributed by atoms with Crippen molar-refractivity contribution in [3.8, 4) is 0 Å². The second-order valence-corrected chi connectivity index (χ2v) is 4.45. The zero-order chi connectivity index (χ0) is 11.1. The van der Waals surface area contributed by atoms with Crippen LogP contribution in [0.25, 0.3) is 0 Å². The predicted octanol–water partition coefficient (Wildman–Crippen LogP) is 1.80. The van der Waals surface area contributed by atoms with Gasteiger partial charge in [-0.1, -0.05) is 13.8 Å². The summed E-state index contributed by atoms with van der Waals surface area (Å²) in [4.78, 5) is 11.1. The molecule has 1 unspecified atom stereocenters. The minimum Gasteiger partial charge on any atom is -0.434 e. The van der Waals surface area contributed by atoms with E-state index in [1.807, 2.05) is 13.8 Å². The van der Waals surface area contributed by atoms with Crippen molar-refractivity contribution in [1.82, 2.24) is 5.32 Å². The summed E-state index contributed by atoms with van der Waals surface area (Å²) in [5, 5.41) is 3.28. The van der Waals surface area contributed by atoms with Gasteiger partial charge in [-0.15, -0.1) is 0 Å². The molecule has 1 saturated heterocycles. The molecule has 4 nitrogen and oxygen atoms in total. The van der Waals surface area contributed by atoms with Crippen LogP contribution in [0.15, 0.2) is 0 Å². The molecule has 15 heavy (non-hydrogen) atoms. The van der Waals surface area contributed by atoms with E-state index in [4.69, 9.17) is 9.47 Å². The smallest absolute Gasteiger partial charge is 0.434 e. The highest BCUT2D eigenvalue weighted by molar-refractivity contribution is 5.59. The van der Waals surface area contributed by atoms with Crippen LogP contribution in [0, 0.1) is 11.8 Å². The minimum absolute atomic E-state index is 0.358. The number of nitrogens with one attached hydrogen (secondary N) is 1. The Bertz CT molecular complexity index is 188. The van der Waals surface area contributed by atoms with Gasteiger partial charge in [-0.3, -0.25) is 0 Å². The van der Waals surface area contributed by atoms with E-state index in [-0.39, 0.29) is 0 Å². The largest absolute Gasteiger partial charge is 0.508 e. The number of carbonyl (C=O) groups excluding carboxylic acids is 1. The first-order chi connectivity index (χ1) is 7.18. The predicted molar refractivity (Wildman–Crippen MR) is 57.7 cm³/mol. The lowest BCUT2D eigenvalue weighted by Crippen LogP contribution is -2.15. The van der Waals surface area contributed by atoms with E-state index in [1.54, 1.807) is 0 Å². The zero-order valence-corrected chi connectivity index (χ0v) is 9.62. The topological polar surface area (TPSA) is 47.6 Å². The van der Waals surface area contributed by atoms with E-state index in [0.717, 1.165) is 19.5 Å². The van der Waals surface area contributed by atoms with Gasteiger partial charge in [0.15, 0.2) is 0 Å². The van der Waals surface area contributed by atoms with Crippen LogP contribution >= 0.6 is 0 Å². The highest BCUT2D eigenvalue weighted by Gasteiger charge is 2.15. The third kappa shape index (κ3) is 5.62. The molecule has 0 aromatic rings. The molecule has 1 aliphatic rings. The zero-order valence-electron chi connectivity index (χ0n) is 9.62. The van der Waals surface area contributed by atoms with Gasteiger partial charge < -0.3 is 14.8 Å². The first kappa shape index (κ1) is 12.3. The summed E-state index contributed by atoms with van der Waals surface area (Å²) in [6.45, 7) is 7.04. The van der Waals surface area contributed by atoms with Crippen LogP contribution in [-0.4, -0.2) is 32.5 Å². The maximum absolute atomic E-state index is 11.1. The number of hydrogen-bond donors (Lipinski definition) is 1. The van der Waals surface area contributed by atoms with Crippen molar-refractivity contribution in [1.29, 1.82) is 0 Å². The molecule has 1 heterocycles. The lowest BCUT2D eigenvalue weighted by molar-refractivity contribution is 0.0445. The molecular weight excluding hydrogens is 194 g/mol. The van der Waals surface area contributed by atoms with Gasteiger partial charge in [-0.25, -0.2) is 4.79 Å². The van der Waals surface area contributed by atoms with E-state index >= 15 is 0 Å².